The van der Waals surface area contributed by atoms with Crippen LogP contribution in [0.4, 0.5) is 0 Å². The SMILES string of the molecule is Cn1ncc2c1CCC2(O)CC(=O)O. The minimum absolute atomic E-state index is 0.244. The summed E-state index contributed by atoms with van der Waals surface area (Å²) in [6, 6.07) is 0. The van der Waals surface area contributed by atoms with Crippen LogP contribution in [-0.4, -0.2) is 26.0 Å². The third kappa shape index (κ3) is 1.21. The van der Waals surface area contributed by atoms with Gasteiger partial charge in [0.05, 0.1) is 12.6 Å². The quantitative estimate of drug-likeness (QED) is 0.699. The first kappa shape index (κ1) is 9.21. The second kappa shape index (κ2) is 2.81. The number of aliphatic hydroxyl groups is 1. The van der Waals surface area contributed by atoms with Crippen LogP contribution in [0.25, 0.3) is 0 Å². The molecule has 0 aliphatic heterocycles. The Balaban J connectivity index is 2.37. The van der Waals surface area contributed by atoms with Gasteiger partial charge < -0.3 is 10.2 Å². The minimum atomic E-state index is -1.21. The maximum absolute atomic E-state index is 10.6. The summed E-state index contributed by atoms with van der Waals surface area (Å²) < 4.78 is 1.69. The maximum atomic E-state index is 10.6. The maximum Gasteiger partial charge on any atom is 0.306 e. The molecule has 1 heterocycles. The topological polar surface area (TPSA) is 75.3 Å². The van der Waals surface area contributed by atoms with Crippen molar-refractivity contribution in [3.8, 4) is 0 Å². The molecular weight excluding hydrogens is 184 g/mol. The van der Waals surface area contributed by atoms with Crippen LogP contribution >= 0.6 is 0 Å². The molecule has 5 heteroatoms. The molecule has 1 aliphatic carbocycles. The molecule has 2 N–H and O–H groups in total. The van der Waals surface area contributed by atoms with Crippen LogP contribution in [0.1, 0.15) is 24.1 Å². The second-order valence-electron chi connectivity index (χ2n) is 3.73. The van der Waals surface area contributed by atoms with Gasteiger partial charge in [0.1, 0.15) is 5.60 Å². The summed E-state index contributed by atoms with van der Waals surface area (Å²) in [5, 5.41) is 22.8. The van der Waals surface area contributed by atoms with Crippen LogP contribution in [0.5, 0.6) is 0 Å². The first-order chi connectivity index (χ1) is 6.53. The van der Waals surface area contributed by atoms with E-state index in [0.29, 0.717) is 18.4 Å². The van der Waals surface area contributed by atoms with Crippen LogP contribution in [0.15, 0.2) is 6.20 Å². The molecule has 1 unspecified atom stereocenters. The Kier molecular flexibility index (Phi) is 1.85. The van der Waals surface area contributed by atoms with Gasteiger partial charge in [-0.3, -0.25) is 9.48 Å². The van der Waals surface area contributed by atoms with E-state index in [1.54, 1.807) is 17.9 Å². The number of carboxylic acids is 1. The zero-order chi connectivity index (χ0) is 10.3. The Morgan fingerprint density at radius 3 is 3.14 bits per heavy atom. The Bertz CT molecular complexity index is 385. The summed E-state index contributed by atoms with van der Waals surface area (Å²) in [5.74, 6) is -0.982. The van der Waals surface area contributed by atoms with Gasteiger partial charge in [-0.05, 0) is 12.8 Å². The fourth-order valence-electron chi connectivity index (χ4n) is 2.04. The standard InChI is InChI=1S/C9H12N2O3/c1-11-7-2-3-9(14,4-8(12)13)6(7)5-10-11/h5,14H,2-4H2,1H3,(H,12,13). The molecule has 0 spiro atoms. The summed E-state index contributed by atoms with van der Waals surface area (Å²) in [5.41, 5.74) is 0.395. The number of aromatic nitrogens is 2. The summed E-state index contributed by atoms with van der Waals surface area (Å²) >= 11 is 0. The molecule has 0 amide bonds. The molecule has 0 aromatic carbocycles. The van der Waals surface area contributed by atoms with E-state index >= 15 is 0 Å². The lowest BCUT2D eigenvalue weighted by atomic mass is 9.94. The lowest BCUT2D eigenvalue weighted by Gasteiger charge is -2.19. The van der Waals surface area contributed by atoms with Crippen molar-refractivity contribution in [3.05, 3.63) is 17.5 Å². The first-order valence-electron chi connectivity index (χ1n) is 4.48. The molecule has 1 atom stereocenters. The Labute approximate surface area is 81.0 Å². The van der Waals surface area contributed by atoms with Crippen molar-refractivity contribution in [2.45, 2.75) is 24.9 Å². The number of aryl methyl sites for hydroxylation is 1. The zero-order valence-electron chi connectivity index (χ0n) is 7.90. The van der Waals surface area contributed by atoms with Gasteiger partial charge in [0.15, 0.2) is 0 Å². The van der Waals surface area contributed by atoms with E-state index < -0.39 is 11.6 Å². The molecule has 0 saturated carbocycles. The lowest BCUT2D eigenvalue weighted by Crippen LogP contribution is -2.25. The first-order valence-corrected chi connectivity index (χ1v) is 4.48. The zero-order valence-corrected chi connectivity index (χ0v) is 7.90. The highest BCUT2D eigenvalue weighted by Crippen LogP contribution is 2.38. The molecule has 0 bridgehead atoms. The Hall–Kier alpha value is -1.36. The normalized spacial score (nSPS) is 25.0. The van der Waals surface area contributed by atoms with Crippen molar-refractivity contribution in [2.24, 2.45) is 7.05 Å². The molecule has 2 rings (SSSR count). The molecule has 1 aromatic rings. The molecule has 0 fully saturated rings. The number of carbonyl (C=O) groups is 1. The lowest BCUT2D eigenvalue weighted by molar-refractivity contribution is -0.142. The number of rotatable bonds is 2. The van der Waals surface area contributed by atoms with Crippen LogP contribution in [0, 0.1) is 0 Å². The summed E-state index contributed by atoms with van der Waals surface area (Å²) in [6.45, 7) is 0. The van der Waals surface area contributed by atoms with Crippen molar-refractivity contribution in [1.29, 1.82) is 0 Å². The molecule has 5 nitrogen and oxygen atoms in total. The molecule has 0 radical (unpaired) electrons. The van der Waals surface area contributed by atoms with Crippen LogP contribution in [0.2, 0.25) is 0 Å². The second-order valence-corrected chi connectivity index (χ2v) is 3.73. The summed E-state index contributed by atoms with van der Waals surface area (Å²) in [6.07, 6.45) is 2.48. The van der Waals surface area contributed by atoms with E-state index in [2.05, 4.69) is 5.10 Å². The van der Waals surface area contributed by atoms with Crippen molar-refractivity contribution in [3.63, 3.8) is 0 Å². The van der Waals surface area contributed by atoms with Crippen molar-refractivity contribution >= 4 is 5.97 Å². The van der Waals surface area contributed by atoms with Crippen LogP contribution < -0.4 is 0 Å². The van der Waals surface area contributed by atoms with Gasteiger partial charge in [-0.1, -0.05) is 0 Å². The van der Waals surface area contributed by atoms with Gasteiger partial charge in [-0.2, -0.15) is 5.10 Å². The fourth-order valence-corrected chi connectivity index (χ4v) is 2.04. The monoisotopic (exact) mass is 196 g/mol. The number of aliphatic carboxylic acids is 1. The van der Waals surface area contributed by atoms with Gasteiger partial charge >= 0.3 is 5.97 Å². The van der Waals surface area contributed by atoms with E-state index in [1.807, 2.05) is 0 Å². The highest BCUT2D eigenvalue weighted by molar-refractivity contribution is 5.69. The number of nitrogens with zero attached hydrogens (tertiary/aromatic N) is 2. The molecular formula is C9H12N2O3. The highest BCUT2D eigenvalue weighted by atomic mass is 16.4. The predicted molar refractivity (Wildman–Crippen MR) is 47.7 cm³/mol. The van der Waals surface area contributed by atoms with Crippen molar-refractivity contribution < 1.29 is 15.0 Å². The average molecular weight is 196 g/mol. The number of carboxylic acid groups (broad SMARTS) is 1. The number of fused-ring (bicyclic) bond motifs is 1. The fraction of sp³-hybridized carbons (Fsp3) is 0.556. The van der Waals surface area contributed by atoms with E-state index in [4.69, 9.17) is 5.11 Å². The van der Waals surface area contributed by atoms with Crippen molar-refractivity contribution in [2.75, 3.05) is 0 Å². The van der Waals surface area contributed by atoms with Gasteiger partial charge in [-0.15, -0.1) is 0 Å². The smallest absolute Gasteiger partial charge is 0.306 e. The van der Waals surface area contributed by atoms with Gasteiger partial charge in [0, 0.05) is 18.3 Å². The molecule has 76 valence electrons. The van der Waals surface area contributed by atoms with E-state index in [0.717, 1.165) is 5.69 Å². The predicted octanol–water partition coefficient (Wildman–Crippen LogP) is 0.0286. The van der Waals surface area contributed by atoms with E-state index in [1.165, 1.54) is 0 Å². The largest absolute Gasteiger partial charge is 0.481 e. The molecule has 1 aromatic heterocycles. The van der Waals surface area contributed by atoms with E-state index in [9.17, 15) is 9.90 Å². The third-order valence-corrected chi connectivity index (χ3v) is 2.78. The minimum Gasteiger partial charge on any atom is -0.481 e. The molecule has 14 heavy (non-hydrogen) atoms. The average Bonchev–Trinajstić information content (AvgIpc) is 2.55. The molecule has 0 saturated heterocycles. The molecule has 1 aliphatic rings. The highest BCUT2D eigenvalue weighted by Gasteiger charge is 2.40. The number of hydrogen-bond acceptors (Lipinski definition) is 3. The van der Waals surface area contributed by atoms with Crippen LogP contribution in [-0.2, 0) is 23.9 Å². The summed E-state index contributed by atoms with van der Waals surface area (Å²) in [7, 11) is 1.80. The Morgan fingerprint density at radius 1 is 1.79 bits per heavy atom. The van der Waals surface area contributed by atoms with Gasteiger partial charge in [0.2, 0.25) is 0 Å². The summed E-state index contributed by atoms with van der Waals surface area (Å²) in [4.78, 5) is 10.6. The third-order valence-electron chi connectivity index (χ3n) is 2.78. The number of hydrogen-bond donors (Lipinski definition) is 2. The van der Waals surface area contributed by atoms with Gasteiger partial charge in [-0.25, -0.2) is 0 Å². The van der Waals surface area contributed by atoms with Gasteiger partial charge in [0.25, 0.3) is 0 Å². The van der Waals surface area contributed by atoms with Crippen molar-refractivity contribution in [1.82, 2.24) is 9.78 Å². The van der Waals surface area contributed by atoms with E-state index in [-0.39, 0.29) is 6.42 Å². The van der Waals surface area contributed by atoms with Crippen LogP contribution in [0.3, 0.4) is 0 Å². The Morgan fingerprint density at radius 2 is 2.50 bits per heavy atom.